The lowest BCUT2D eigenvalue weighted by Gasteiger charge is -2.04. The zero-order valence-corrected chi connectivity index (χ0v) is 8.59. The normalized spacial score (nSPS) is 10.5. The minimum Gasteiger partial charge on any atom is -0.382 e. The fourth-order valence-electron chi connectivity index (χ4n) is 0.830. The number of aromatic nitrogens is 2. The Morgan fingerprint density at radius 3 is 2.64 bits per heavy atom. The topological polar surface area (TPSA) is 101 Å². The van der Waals surface area contributed by atoms with Gasteiger partial charge in [0, 0.05) is 5.25 Å². The van der Waals surface area contributed by atoms with E-state index in [1.54, 1.807) is 0 Å². The fraction of sp³-hybridized carbons (Fsp3) is 0.429. The van der Waals surface area contributed by atoms with Gasteiger partial charge in [0.15, 0.2) is 11.0 Å². The maximum Gasteiger partial charge on any atom is 0.283 e. The van der Waals surface area contributed by atoms with Crippen molar-refractivity contribution in [2.75, 3.05) is 5.73 Å². The van der Waals surface area contributed by atoms with Crippen molar-refractivity contribution in [3.63, 3.8) is 0 Å². The molecule has 14 heavy (non-hydrogen) atoms. The van der Waals surface area contributed by atoms with E-state index in [1.807, 2.05) is 13.8 Å². The van der Waals surface area contributed by atoms with Crippen LogP contribution in [-0.2, 0) is 0 Å². The van der Waals surface area contributed by atoms with Crippen molar-refractivity contribution in [2.24, 2.45) is 5.18 Å². The van der Waals surface area contributed by atoms with E-state index < -0.39 is 5.56 Å². The van der Waals surface area contributed by atoms with Gasteiger partial charge >= 0.3 is 0 Å². The SMILES string of the molecule is CC(C)Sc1nc(N)c(N=O)c(=O)[nH]1. The minimum absolute atomic E-state index is 0.132. The van der Waals surface area contributed by atoms with E-state index in [0.717, 1.165) is 0 Å². The highest BCUT2D eigenvalue weighted by Gasteiger charge is 2.10. The van der Waals surface area contributed by atoms with Gasteiger partial charge in [-0.1, -0.05) is 25.6 Å². The van der Waals surface area contributed by atoms with Crippen molar-refractivity contribution in [2.45, 2.75) is 24.3 Å². The third-order valence-electron chi connectivity index (χ3n) is 1.34. The lowest BCUT2D eigenvalue weighted by atomic mass is 10.5. The Morgan fingerprint density at radius 1 is 1.57 bits per heavy atom. The molecule has 0 amide bonds. The number of hydrogen-bond donors (Lipinski definition) is 2. The summed E-state index contributed by atoms with van der Waals surface area (Å²) in [6.45, 7) is 3.90. The van der Waals surface area contributed by atoms with Gasteiger partial charge in [-0.15, -0.1) is 4.91 Å². The van der Waals surface area contributed by atoms with E-state index in [4.69, 9.17) is 5.73 Å². The lowest BCUT2D eigenvalue weighted by molar-refractivity contribution is 0.933. The molecule has 0 radical (unpaired) electrons. The summed E-state index contributed by atoms with van der Waals surface area (Å²) in [5.74, 6) is -0.132. The molecule has 6 nitrogen and oxygen atoms in total. The maximum atomic E-state index is 11.2. The predicted octanol–water partition coefficient (Wildman–Crippen LogP) is 1.25. The summed E-state index contributed by atoms with van der Waals surface area (Å²) in [6, 6.07) is 0. The highest BCUT2D eigenvalue weighted by molar-refractivity contribution is 7.99. The van der Waals surface area contributed by atoms with Crippen LogP contribution in [0, 0.1) is 4.91 Å². The molecule has 0 fully saturated rings. The molecule has 0 saturated carbocycles. The van der Waals surface area contributed by atoms with Crippen LogP contribution in [-0.4, -0.2) is 15.2 Å². The Balaban J connectivity index is 3.14. The van der Waals surface area contributed by atoms with Crippen LogP contribution >= 0.6 is 11.8 Å². The Bertz CT molecular complexity index is 401. The zero-order valence-electron chi connectivity index (χ0n) is 7.77. The van der Waals surface area contributed by atoms with Crippen molar-refractivity contribution < 1.29 is 0 Å². The molecule has 0 spiro atoms. The average molecular weight is 214 g/mol. The summed E-state index contributed by atoms with van der Waals surface area (Å²) in [6.07, 6.45) is 0. The van der Waals surface area contributed by atoms with Crippen molar-refractivity contribution >= 4 is 23.3 Å². The Hall–Kier alpha value is -1.37. The van der Waals surface area contributed by atoms with Crippen LogP contribution in [0.2, 0.25) is 0 Å². The van der Waals surface area contributed by atoms with Crippen molar-refractivity contribution in [3.8, 4) is 0 Å². The Kier molecular flexibility index (Phi) is 3.23. The van der Waals surface area contributed by atoms with E-state index in [0.29, 0.717) is 5.16 Å². The molecule has 7 heteroatoms. The number of hydrogen-bond acceptors (Lipinski definition) is 6. The average Bonchev–Trinajstić information content (AvgIpc) is 2.01. The van der Waals surface area contributed by atoms with Crippen molar-refractivity contribution in [1.29, 1.82) is 0 Å². The lowest BCUT2D eigenvalue weighted by Crippen LogP contribution is -2.11. The van der Waals surface area contributed by atoms with Gasteiger partial charge in [-0.05, 0) is 5.18 Å². The van der Waals surface area contributed by atoms with Gasteiger partial charge in [-0.25, -0.2) is 4.98 Å². The zero-order chi connectivity index (χ0) is 10.7. The molecule has 0 aliphatic rings. The van der Waals surface area contributed by atoms with Gasteiger partial charge in [0.2, 0.25) is 5.69 Å². The molecule has 1 heterocycles. The van der Waals surface area contributed by atoms with E-state index in [9.17, 15) is 9.70 Å². The number of nitrogens with one attached hydrogen (secondary N) is 1. The number of nitrogens with two attached hydrogens (primary N) is 1. The predicted molar refractivity (Wildman–Crippen MR) is 55.7 cm³/mol. The van der Waals surface area contributed by atoms with Gasteiger partial charge in [-0.3, -0.25) is 9.78 Å². The standard InChI is InChI=1S/C7H10N4O2S/c1-3(2)14-7-9-5(8)4(11-13)6(12)10-7/h3H,1-2H3,(H3,8,9,10,12). The Morgan fingerprint density at radius 2 is 2.21 bits per heavy atom. The first kappa shape index (κ1) is 10.7. The first-order valence-corrected chi connectivity index (χ1v) is 4.82. The molecular formula is C7H10N4O2S. The van der Waals surface area contributed by atoms with Gasteiger partial charge in [0.1, 0.15) is 0 Å². The summed E-state index contributed by atoms with van der Waals surface area (Å²) in [5, 5.41) is 3.17. The largest absolute Gasteiger partial charge is 0.382 e. The molecule has 1 aromatic rings. The molecule has 0 aromatic carbocycles. The van der Waals surface area contributed by atoms with Gasteiger partial charge in [-0.2, -0.15) is 0 Å². The maximum absolute atomic E-state index is 11.2. The van der Waals surface area contributed by atoms with Crippen LogP contribution in [0.25, 0.3) is 0 Å². The molecule has 0 unspecified atom stereocenters. The molecule has 0 saturated heterocycles. The molecule has 0 aliphatic heterocycles. The van der Waals surface area contributed by atoms with Gasteiger partial charge < -0.3 is 5.73 Å². The van der Waals surface area contributed by atoms with Crippen molar-refractivity contribution in [3.05, 3.63) is 15.3 Å². The number of rotatable bonds is 3. The summed E-state index contributed by atoms with van der Waals surface area (Å²) >= 11 is 1.36. The number of aromatic amines is 1. The molecular weight excluding hydrogens is 204 g/mol. The number of nitrogens with zero attached hydrogens (tertiary/aromatic N) is 2. The third kappa shape index (κ3) is 2.32. The summed E-state index contributed by atoms with van der Waals surface area (Å²) in [7, 11) is 0. The first-order chi connectivity index (χ1) is 6.54. The van der Waals surface area contributed by atoms with Crippen LogP contribution in [0.15, 0.2) is 15.1 Å². The highest BCUT2D eigenvalue weighted by atomic mass is 32.2. The van der Waals surface area contributed by atoms with E-state index in [-0.39, 0.29) is 16.8 Å². The molecule has 0 aliphatic carbocycles. The van der Waals surface area contributed by atoms with Crippen LogP contribution in [0.5, 0.6) is 0 Å². The fourth-order valence-corrected chi connectivity index (χ4v) is 1.58. The highest BCUT2D eigenvalue weighted by Crippen LogP contribution is 2.21. The second kappa shape index (κ2) is 4.23. The quantitative estimate of drug-likeness (QED) is 0.448. The van der Waals surface area contributed by atoms with Crippen molar-refractivity contribution in [1.82, 2.24) is 9.97 Å². The third-order valence-corrected chi connectivity index (χ3v) is 2.23. The van der Waals surface area contributed by atoms with E-state index in [1.165, 1.54) is 11.8 Å². The number of nitroso groups, excluding NO2 is 1. The number of anilines is 1. The smallest absolute Gasteiger partial charge is 0.283 e. The van der Waals surface area contributed by atoms with Crippen LogP contribution in [0.3, 0.4) is 0 Å². The molecule has 76 valence electrons. The summed E-state index contributed by atoms with van der Waals surface area (Å²) in [5.41, 5.74) is 4.41. The van der Waals surface area contributed by atoms with Crippen LogP contribution in [0.1, 0.15) is 13.8 Å². The van der Waals surface area contributed by atoms with E-state index >= 15 is 0 Å². The Labute approximate surface area is 84.3 Å². The molecule has 0 atom stereocenters. The monoisotopic (exact) mass is 214 g/mol. The van der Waals surface area contributed by atoms with Gasteiger partial charge in [0.25, 0.3) is 5.56 Å². The number of thioether (sulfide) groups is 1. The molecule has 1 rings (SSSR count). The second-order valence-corrected chi connectivity index (χ2v) is 4.43. The minimum atomic E-state index is -0.601. The summed E-state index contributed by atoms with van der Waals surface area (Å²) < 4.78 is 0. The number of H-pyrrole nitrogens is 1. The molecule has 1 aromatic heterocycles. The van der Waals surface area contributed by atoms with Crippen LogP contribution < -0.4 is 11.3 Å². The second-order valence-electron chi connectivity index (χ2n) is 2.86. The first-order valence-electron chi connectivity index (χ1n) is 3.94. The number of nitrogen functional groups attached to an aromatic ring is 1. The van der Waals surface area contributed by atoms with Crippen LogP contribution in [0.4, 0.5) is 11.5 Å². The van der Waals surface area contributed by atoms with Gasteiger partial charge in [0.05, 0.1) is 0 Å². The molecule has 0 bridgehead atoms. The van der Waals surface area contributed by atoms with E-state index in [2.05, 4.69) is 15.1 Å². The summed E-state index contributed by atoms with van der Waals surface area (Å²) in [4.78, 5) is 27.6. The molecule has 3 N–H and O–H groups in total.